The molecule has 0 amide bonds. The third-order valence-corrected chi connectivity index (χ3v) is 4.22. The van der Waals surface area contributed by atoms with Crippen molar-refractivity contribution >= 4 is 27.5 Å². The van der Waals surface area contributed by atoms with Gasteiger partial charge in [0.1, 0.15) is 0 Å². The molecule has 0 aliphatic heterocycles. The van der Waals surface area contributed by atoms with Crippen LogP contribution in [0, 0.1) is 11.6 Å². The molecule has 2 rings (SSSR count). The van der Waals surface area contributed by atoms with E-state index in [1.54, 1.807) is 18.2 Å². The molecule has 0 fully saturated rings. The minimum atomic E-state index is -0.865. The van der Waals surface area contributed by atoms with Gasteiger partial charge in [0.2, 0.25) is 0 Å². The molecular weight excluding hydrogens is 350 g/mol. The van der Waals surface area contributed by atoms with Gasteiger partial charge < -0.3 is 0 Å². The van der Waals surface area contributed by atoms with Crippen LogP contribution in [0.5, 0.6) is 0 Å². The average Bonchev–Trinajstić information content (AvgIpc) is 2.44. The van der Waals surface area contributed by atoms with Crippen LogP contribution in [-0.2, 0) is 6.42 Å². The summed E-state index contributed by atoms with van der Waals surface area (Å²) in [6, 6.07) is 9.04. The normalized spacial score (nSPS) is 12.4. The van der Waals surface area contributed by atoms with Crippen LogP contribution in [0.3, 0.4) is 0 Å². The van der Waals surface area contributed by atoms with Crippen molar-refractivity contribution in [3.8, 4) is 0 Å². The first-order chi connectivity index (χ1) is 9.52. The van der Waals surface area contributed by atoms with E-state index in [1.807, 2.05) is 0 Å². The van der Waals surface area contributed by atoms with Gasteiger partial charge in [0, 0.05) is 4.47 Å². The van der Waals surface area contributed by atoms with Gasteiger partial charge in [-0.2, -0.15) is 0 Å². The van der Waals surface area contributed by atoms with E-state index in [4.69, 9.17) is 17.4 Å². The molecule has 2 aromatic carbocycles. The van der Waals surface area contributed by atoms with Crippen LogP contribution in [0.1, 0.15) is 17.2 Å². The van der Waals surface area contributed by atoms with E-state index in [9.17, 15) is 8.78 Å². The summed E-state index contributed by atoms with van der Waals surface area (Å²) >= 11 is 9.25. The van der Waals surface area contributed by atoms with E-state index in [0.29, 0.717) is 5.02 Å². The predicted molar refractivity (Wildman–Crippen MR) is 79.3 cm³/mol. The third kappa shape index (κ3) is 3.35. The topological polar surface area (TPSA) is 38.0 Å². The molecule has 0 saturated heterocycles. The molecule has 3 N–H and O–H groups in total. The molecule has 0 bridgehead atoms. The number of hydrazine groups is 1. The van der Waals surface area contributed by atoms with Crippen molar-refractivity contribution < 1.29 is 8.78 Å². The van der Waals surface area contributed by atoms with Crippen molar-refractivity contribution in [2.24, 2.45) is 5.84 Å². The van der Waals surface area contributed by atoms with Crippen molar-refractivity contribution in [1.29, 1.82) is 0 Å². The molecule has 1 atom stereocenters. The van der Waals surface area contributed by atoms with Crippen LogP contribution in [0.15, 0.2) is 40.9 Å². The summed E-state index contributed by atoms with van der Waals surface area (Å²) in [5, 5.41) is 0.571. The fourth-order valence-corrected chi connectivity index (χ4v) is 2.44. The van der Waals surface area contributed by atoms with Gasteiger partial charge in [0.05, 0.1) is 11.1 Å². The van der Waals surface area contributed by atoms with Gasteiger partial charge in [0.25, 0.3) is 0 Å². The molecule has 6 heteroatoms. The maximum Gasteiger partial charge on any atom is 0.162 e. The smallest absolute Gasteiger partial charge is 0.162 e. The molecule has 1 unspecified atom stereocenters. The van der Waals surface area contributed by atoms with Crippen LogP contribution >= 0.6 is 27.5 Å². The summed E-state index contributed by atoms with van der Waals surface area (Å²) in [6.07, 6.45) is 0.230. The van der Waals surface area contributed by atoms with Gasteiger partial charge in [-0.3, -0.25) is 11.3 Å². The number of nitrogens with two attached hydrogens (primary N) is 1. The van der Waals surface area contributed by atoms with E-state index in [1.165, 1.54) is 12.1 Å². The van der Waals surface area contributed by atoms with Crippen molar-refractivity contribution in [3.05, 3.63) is 68.7 Å². The maximum absolute atomic E-state index is 13.7. The van der Waals surface area contributed by atoms with Crippen molar-refractivity contribution in [3.63, 3.8) is 0 Å². The van der Waals surface area contributed by atoms with E-state index in [-0.39, 0.29) is 18.0 Å². The van der Waals surface area contributed by atoms with E-state index < -0.39 is 11.6 Å². The number of hydrogen-bond acceptors (Lipinski definition) is 2. The molecule has 20 heavy (non-hydrogen) atoms. The maximum atomic E-state index is 13.7. The number of benzene rings is 2. The Morgan fingerprint density at radius 2 is 2.00 bits per heavy atom. The molecule has 0 heterocycles. The van der Waals surface area contributed by atoms with Gasteiger partial charge in [-0.15, -0.1) is 0 Å². The van der Waals surface area contributed by atoms with Crippen LogP contribution in [0.25, 0.3) is 0 Å². The fourth-order valence-electron chi connectivity index (χ4n) is 1.93. The minimum Gasteiger partial charge on any atom is -0.271 e. The summed E-state index contributed by atoms with van der Waals surface area (Å²) < 4.78 is 27.6. The molecule has 2 nitrogen and oxygen atoms in total. The first-order valence-electron chi connectivity index (χ1n) is 5.87. The third-order valence-electron chi connectivity index (χ3n) is 3.00. The highest BCUT2D eigenvalue weighted by atomic mass is 79.9. The lowest BCUT2D eigenvalue weighted by atomic mass is 9.99. The Hall–Kier alpha value is -1.01. The first kappa shape index (κ1) is 15.4. The highest BCUT2D eigenvalue weighted by molar-refractivity contribution is 9.10. The number of nitrogens with one attached hydrogen (secondary N) is 1. The van der Waals surface area contributed by atoms with Crippen LogP contribution in [0.4, 0.5) is 8.78 Å². The zero-order valence-electron chi connectivity index (χ0n) is 10.3. The second kappa shape index (κ2) is 6.63. The van der Waals surface area contributed by atoms with Crippen molar-refractivity contribution in [2.75, 3.05) is 0 Å². The van der Waals surface area contributed by atoms with E-state index >= 15 is 0 Å². The second-order valence-corrected chi connectivity index (χ2v) is 5.57. The molecule has 0 aromatic heterocycles. The zero-order valence-corrected chi connectivity index (χ0v) is 12.7. The molecule has 0 aliphatic rings. The summed E-state index contributed by atoms with van der Waals surface area (Å²) in [7, 11) is 0. The number of hydrogen-bond donors (Lipinski definition) is 2. The quantitative estimate of drug-likeness (QED) is 0.635. The summed E-state index contributed by atoms with van der Waals surface area (Å²) in [6.45, 7) is 0. The van der Waals surface area contributed by atoms with Gasteiger partial charge >= 0.3 is 0 Å². The highest BCUT2D eigenvalue weighted by Crippen LogP contribution is 2.28. The Morgan fingerprint density at radius 1 is 1.25 bits per heavy atom. The Morgan fingerprint density at radius 3 is 2.65 bits per heavy atom. The summed E-state index contributed by atoms with van der Waals surface area (Å²) in [4.78, 5) is 0. The summed E-state index contributed by atoms with van der Waals surface area (Å²) in [5.41, 5.74) is 3.70. The van der Waals surface area contributed by atoms with E-state index in [2.05, 4.69) is 21.4 Å². The molecule has 0 spiro atoms. The lowest BCUT2D eigenvalue weighted by Crippen LogP contribution is -2.29. The largest absolute Gasteiger partial charge is 0.271 e. The van der Waals surface area contributed by atoms with Crippen LogP contribution in [-0.4, -0.2) is 0 Å². The Labute approximate surface area is 129 Å². The zero-order chi connectivity index (χ0) is 14.7. The Balaban J connectivity index is 2.28. The number of halogens is 4. The summed E-state index contributed by atoms with van der Waals surface area (Å²) in [5.74, 6) is 3.80. The second-order valence-electron chi connectivity index (χ2n) is 4.31. The minimum absolute atomic E-state index is 0.230. The lowest BCUT2D eigenvalue weighted by molar-refractivity contribution is 0.481. The molecule has 106 valence electrons. The van der Waals surface area contributed by atoms with Gasteiger partial charge in [-0.05, 0) is 51.7 Å². The Bertz CT molecular complexity index is 622. The van der Waals surface area contributed by atoms with Crippen molar-refractivity contribution in [1.82, 2.24) is 5.43 Å². The van der Waals surface area contributed by atoms with Crippen LogP contribution < -0.4 is 11.3 Å². The monoisotopic (exact) mass is 360 g/mol. The fraction of sp³-hybridized carbons (Fsp3) is 0.143. The number of rotatable bonds is 4. The molecule has 0 radical (unpaired) electrons. The van der Waals surface area contributed by atoms with Crippen molar-refractivity contribution in [2.45, 2.75) is 12.5 Å². The van der Waals surface area contributed by atoms with Crippen LogP contribution in [0.2, 0.25) is 5.02 Å². The molecule has 0 aliphatic carbocycles. The average molecular weight is 362 g/mol. The first-order valence-corrected chi connectivity index (χ1v) is 7.04. The van der Waals surface area contributed by atoms with Gasteiger partial charge in [-0.1, -0.05) is 29.8 Å². The standard InChI is InChI=1S/C14H12BrClF2N2/c15-10-6-8(4-5-11(10)16)13(20-19)7-9-2-1-3-12(17)14(9)18/h1-6,13,20H,7,19H2. The van der Waals surface area contributed by atoms with Gasteiger partial charge in [0.15, 0.2) is 11.6 Å². The highest BCUT2D eigenvalue weighted by Gasteiger charge is 2.16. The molecular formula is C14H12BrClF2N2. The predicted octanol–water partition coefficient (Wildman–Crippen LogP) is 4.13. The lowest BCUT2D eigenvalue weighted by Gasteiger charge is -2.17. The molecule has 2 aromatic rings. The molecule has 0 saturated carbocycles. The van der Waals surface area contributed by atoms with Gasteiger partial charge in [-0.25, -0.2) is 8.78 Å². The van der Waals surface area contributed by atoms with E-state index in [0.717, 1.165) is 16.1 Å². The SMILES string of the molecule is NNC(Cc1cccc(F)c1F)c1ccc(Cl)c(Br)c1. The Kier molecular flexibility index (Phi) is 5.10.